The molecule has 1 atom stereocenters. The number of halogens is 1. The predicted octanol–water partition coefficient (Wildman–Crippen LogP) is 4.73. The Kier molecular flexibility index (Phi) is 6.42. The molecule has 0 fully saturated rings. The van der Waals surface area contributed by atoms with Gasteiger partial charge in [-0.15, -0.1) is 0 Å². The first-order chi connectivity index (χ1) is 13.8. The van der Waals surface area contributed by atoms with Gasteiger partial charge in [0.1, 0.15) is 5.82 Å². The third-order valence-corrected chi connectivity index (χ3v) is 4.57. The van der Waals surface area contributed by atoms with E-state index >= 15 is 0 Å². The predicted molar refractivity (Wildman–Crippen MR) is 109 cm³/mol. The maximum atomic E-state index is 13.3. The summed E-state index contributed by atoms with van der Waals surface area (Å²) in [6.45, 7) is 6.07. The van der Waals surface area contributed by atoms with E-state index in [0.29, 0.717) is 31.0 Å². The standard InChI is InChI=1S/C23H26FN3O2/c1-23(2,3)22-26-20(29-27-22)11-7-10-19(28)25-21(16-8-5-4-6-9-16)17-12-14-18(24)15-13-17/h4-6,8-9,12-15,21H,7,10-11H2,1-3H3,(H,25,28). The van der Waals surface area contributed by atoms with E-state index in [9.17, 15) is 9.18 Å². The molecule has 0 aliphatic heterocycles. The maximum Gasteiger partial charge on any atom is 0.226 e. The molecule has 0 spiro atoms. The smallest absolute Gasteiger partial charge is 0.226 e. The molecular formula is C23H26FN3O2. The highest BCUT2D eigenvalue weighted by Crippen LogP contribution is 2.23. The first kappa shape index (κ1) is 20.7. The Balaban J connectivity index is 1.61. The number of aryl methyl sites for hydroxylation is 1. The van der Waals surface area contributed by atoms with Gasteiger partial charge in [-0.3, -0.25) is 4.79 Å². The van der Waals surface area contributed by atoms with E-state index in [1.165, 1.54) is 12.1 Å². The summed E-state index contributed by atoms with van der Waals surface area (Å²) in [6, 6.07) is 15.5. The van der Waals surface area contributed by atoms with Crippen LogP contribution in [0.2, 0.25) is 0 Å². The number of hydrogen-bond acceptors (Lipinski definition) is 4. The van der Waals surface area contributed by atoms with E-state index in [2.05, 4.69) is 15.5 Å². The van der Waals surface area contributed by atoms with Gasteiger partial charge in [-0.1, -0.05) is 68.4 Å². The SMILES string of the molecule is CC(C)(C)c1noc(CCCC(=O)NC(c2ccccc2)c2ccc(F)cc2)n1. The van der Waals surface area contributed by atoms with Crippen LogP contribution in [-0.2, 0) is 16.6 Å². The summed E-state index contributed by atoms with van der Waals surface area (Å²) >= 11 is 0. The molecule has 0 saturated carbocycles. The second kappa shape index (κ2) is 8.99. The van der Waals surface area contributed by atoms with E-state index in [4.69, 9.17) is 4.52 Å². The minimum absolute atomic E-state index is 0.0845. The van der Waals surface area contributed by atoms with Crippen LogP contribution in [0.25, 0.3) is 0 Å². The number of rotatable bonds is 7. The Morgan fingerprint density at radius 3 is 2.34 bits per heavy atom. The second-order valence-corrected chi connectivity index (χ2v) is 8.08. The number of amides is 1. The molecule has 1 unspecified atom stereocenters. The third kappa shape index (κ3) is 5.73. The van der Waals surface area contributed by atoms with Gasteiger partial charge < -0.3 is 9.84 Å². The van der Waals surface area contributed by atoms with Gasteiger partial charge in [0.05, 0.1) is 6.04 Å². The van der Waals surface area contributed by atoms with Crippen molar-refractivity contribution < 1.29 is 13.7 Å². The molecule has 5 nitrogen and oxygen atoms in total. The van der Waals surface area contributed by atoms with Crippen LogP contribution in [-0.4, -0.2) is 16.0 Å². The molecule has 6 heteroatoms. The number of benzene rings is 2. The molecule has 0 bridgehead atoms. The van der Waals surface area contributed by atoms with Crippen molar-refractivity contribution in [3.05, 3.63) is 83.3 Å². The molecule has 1 N–H and O–H groups in total. The van der Waals surface area contributed by atoms with Gasteiger partial charge >= 0.3 is 0 Å². The highest BCUT2D eigenvalue weighted by Gasteiger charge is 2.21. The molecule has 0 aliphatic carbocycles. The fourth-order valence-corrected chi connectivity index (χ4v) is 2.95. The van der Waals surface area contributed by atoms with E-state index in [0.717, 1.165) is 11.1 Å². The minimum Gasteiger partial charge on any atom is -0.345 e. The summed E-state index contributed by atoms with van der Waals surface area (Å²) < 4.78 is 18.6. The molecule has 0 saturated heterocycles. The number of nitrogens with zero attached hydrogens (tertiary/aromatic N) is 2. The molecule has 3 aromatic rings. The van der Waals surface area contributed by atoms with E-state index in [1.54, 1.807) is 12.1 Å². The fraction of sp³-hybridized carbons (Fsp3) is 0.348. The summed E-state index contributed by atoms with van der Waals surface area (Å²) in [5.41, 5.74) is 1.61. The zero-order chi connectivity index (χ0) is 20.9. The normalized spacial score (nSPS) is 12.6. The lowest BCUT2D eigenvalue weighted by atomic mass is 9.96. The van der Waals surface area contributed by atoms with E-state index in [1.807, 2.05) is 51.1 Å². The lowest BCUT2D eigenvalue weighted by Crippen LogP contribution is -2.29. The summed E-state index contributed by atoms with van der Waals surface area (Å²) in [7, 11) is 0. The average Bonchev–Trinajstić information content (AvgIpc) is 3.17. The Morgan fingerprint density at radius 2 is 1.72 bits per heavy atom. The molecule has 152 valence electrons. The summed E-state index contributed by atoms with van der Waals surface area (Å²) in [6.07, 6.45) is 1.48. The highest BCUT2D eigenvalue weighted by atomic mass is 19.1. The van der Waals surface area contributed by atoms with Crippen LogP contribution in [0.3, 0.4) is 0 Å². The van der Waals surface area contributed by atoms with Crippen molar-refractivity contribution in [2.24, 2.45) is 0 Å². The molecule has 1 heterocycles. The Hall–Kier alpha value is -3.02. The zero-order valence-corrected chi connectivity index (χ0v) is 17.0. The summed E-state index contributed by atoms with van der Waals surface area (Å²) in [4.78, 5) is 17.0. The monoisotopic (exact) mass is 395 g/mol. The van der Waals surface area contributed by atoms with Crippen LogP contribution in [0.15, 0.2) is 59.1 Å². The Morgan fingerprint density at radius 1 is 1.07 bits per heavy atom. The molecule has 3 rings (SSSR count). The molecular weight excluding hydrogens is 369 g/mol. The van der Waals surface area contributed by atoms with Crippen LogP contribution >= 0.6 is 0 Å². The molecule has 0 aliphatic rings. The van der Waals surface area contributed by atoms with Gasteiger partial charge in [0.25, 0.3) is 0 Å². The number of carbonyl (C=O) groups is 1. The Labute approximate surface area is 170 Å². The number of carbonyl (C=O) groups excluding carboxylic acids is 1. The van der Waals surface area contributed by atoms with Crippen LogP contribution in [0.4, 0.5) is 4.39 Å². The van der Waals surface area contributed by atoms with Crippen molar-refractivity contribution in [1.82, 2.24) is 15.5 Å². The topological polar surface area (TPSA) is 68.0 Å². The lowest BCUT2D eigenvalue weighted by molar-refractivity contribution is -0.121. The average molecular weight is 395 g/mol. The fourth-order valence-electron chi connectivity index (χ4n) is 2.95. The molecule has 0 radical (unpaired) electrons. The first-order valence-corrected chi connectivity index (χ1v) is 9.76. The Bertz CT molecular complexity index is 931. The molecule has 29 heavy (non-hydrogen) atoms. The van der Waals surface area contributed by atoms with Gasteiger partial charge in [-0.05, 0) is 29.7 Å². The third-order valence-electron chi connectivity index (χ3n) is 4.57. The number of nitrogens with one attached hydrogen (secondary N) is 1. The highest BCUT2D eigenvalue weighted by molar-refractivity contribution is 5.77. The number of aromatic nitrogens is 2. The zero-order valence-electron chi connectivity index (χ0n) is 17.0. The largest absolute Gasteiger partial charge is 0.345 e. The molecule has 2 aromatic carbocycles. The van der Waals surface area contributed by atoms with Crippen LogP contribution in [0.1, 0.15) is 62.5 Å². The molecule has 1 aromatic heterocycles. The van der Waals surface area contributed by atoms with Crippen molar-refractivity contribution in [2.75, 3.05) is 0 Å². The summed E-state index contributed by atoms with van der Waals surface area (Å²) in [5, 5.41) is 7.06. The van der Waals surface area contributed by atoms with Gasteiger partial charge in [0.2, 0.25) is 11.8 Å². The quantitative estimate of drug-likeness (QED) is 0.628. The van der Waals surface area contributed by atoms with Crippen molar-refractivity contribution in [2.45, 2.75) is 51.5 Å². The van der Waals surface area contributed by atoms with Crippen molar-refractivity contribution in [1.29, 1.82) is 0 Å². The van der Waals surface area contributed by atoms with Crippen LogP contribution in [0.5, 0.6) is 0 Å². The first-order valence-electron chi connectivity index (χ1n) is 9.76. The van der Waals surface area contributed by atoms with Crippen LogP contribution < -0.4 is 5.32 Å². The van der Waals surface area contributed by atoms with Gasteiger partial charge in [-0.2, -0.15) is 4.98 Å². The minimum atomic E-state index is -0.333. The summed E-state index contributed by atoms with van der Waals surface area (Å²) in [5.74, 6) is 0.818. The van der Waals surface area contributed by atoms with Crippen molar-refractivity contribution in [3.63, 3.8) is 0 Å². The van der Waals surface area contributed by atoms with Crippen molar-refractivity contribution >= 4 is 5.91 Å². The number of hydrogen-bond donors (Lipinski definition) is 1. The van der Waals surface area contributed by atoms with E-state index < -0.39 is 0 Å². The molecule has 1 amide bonds. The lowest BCUT2D eigenvalue weighted by Gasteiger charge is -2.20. The van der Waals surface area contributed by atoms with E-state index in [-0.39, 0.29) is 23.2 Å². The van der Waals surface area contributed by atoms with Gasteiger partial charge in [0, 0.05) is 18.3 Å². The van der Waals surface area contributed by atoms with Gasteiger partial charge in [0.15, 0.2) is 5.82 Å². The van der Waals surface area contributed by atoms with Crippen molar-refractivity contribution in [3.8, 4) is 0 Å². The van der Waals surface area contributed by atoms with Crippen LogP contribution in [0, 0.1) is 5.82 Å². The maximum absolute atomic E-state index is 13.3. The van der Waals surface area contributed by atoms with Gasteiger partial charge in [-0.25, -0.2) is 4.39 Å². The second-order valence-electron chi connectivity index (χ2n) is 8.08.